The van der Waals surface area contributed by atoms with Gasteiger partial charge < -0.3 is 0 Å². The van der Waals surface area contributed by atoms with Gasteiger partial charge in [-0.05, 0) is 16.2 Å². The lowest BCUT2D eigenvalue weighted by Gasteiger charge is -2.13. The Morgan fingerprint density at radius 2 is 1.14 bits per heavy atom. The third kappa shape index (κ3) is 1.78. The summed E-state index contributed by atoms with van der Waals surface area (Å²) in [6.45, 7) is 0. The van der Waals surface area contributed by atoms with Gasteiger partial charge in [0.15, 0.2) is 25.1 Å². The summed E-state index contributed by atoms with van der Waals surface area (Å²) in [5.41, 5.74) is 0.170. The van der Waals surface area contributed by atoms with E-state index < -0.39 is 0 Å². The average Bonchev–Trinajstić information content (AvgIpc) is 2.58. The van der Waals surface area contributed by atoms with Crippen LogP contribution in [-0.2, 0) is 0 Å². The lowest BCUT2D eigenvalue weighted by molar-refractivity contribution is 0.107. The zero-order valence-electron chi connectivity index (χ0n) is 11.4. The lowest BCUT2D eigenvalue weighted by atomic mass is 9.88. The highest BCUT2D eigenvalue weighted by Crippen LogP contribution is 2.33. The van der Waals surface area contributed by atoms with E-state index in [1.807, 2.05) is 30.3 Å². The monoisotopic (exact) mass is 290 g/mol. The van der Waals surface area contributed by atoms with Crippen LogP contribution >= 0.6 is 0 Å². The molecule has 0 aliphatic rings. The molecule has 0 radical (unpaired) electrons. The quantitative estimate of drug-likeness (QED) is 0.546. The summed E-state index contributed by atoms with van der Waals surface area (Å²) < 4.78 is 0. The van der Waals surface area contributed by atoms with Crippen molar-refractivity contribution in [1.29, 1.82) is 0 Å². The van der Waals surface area contributed by atoms with Gasteiger partial charge in [-0.2, -0.15) is 0 Å². The standard InChI is InChI=1S/C18H10O4/c19-7-14-13-6-5-11-3-1-2-4-12(11)18(13)17(10-22)16(9-21)15(14)8-20/h1-10H. The van der Waals surface area contributed by atoms with Crippen LogP contribution in [0.5, 0.6) is 0 Å². The highest BCUT2D eigenvalue weighted by molar-refractivity contribution is 6.23. The maximum Gasteiger partial charge on any atom is 0.151 e. The lowest BCUT2D eigenvalue weighted by Crippen LogP contribution is -2.05. The Labute approximate surface area is 125 Å². The molecule has 4 nitrogen and oxygen atoms in total. The Balaban J connectivity index is 2.73. The molecule has 0 fully saturated rings. The fourth-order valence-electron chi connectivity index (χ4n) is 2.86. The van der Waals surface area contributed by atoms with Crippen molar-refractivity contribution >= 4 is 46.7 Å². The maximum atomic E-state index is 11.5. The topological polar surface area (TPSA) is 68.3 Å². The predicted octanol–water partition coefficient (Wildman–Crippen LogP) is 3.24. The molecule has 0 amide bonds. The first-order valence-corrected chi connectivity index (χ1v) is 6.59. The summed E-state index contributed by atoms with van der Waals surface area (Å²) in [5.74, 6) is 0. The Hall–Kier alpha value is -3.14. The van der Waals surface area contributed by atoms with E-state index in [4.69, 9.17) is 0 Å². The minimum absolute atomic E-state index is 0.0454. The smallest absolute Gasteiger partial charge is 0.151 e. The van der Waals surface area contributed by atoms with Crippen LogP contribution in [0.1, 0.15) is 41.4 Å². The summed E-state index contributed by atoms with van der Waals surface area (Å²) in [6, 6.07) is 10.9. The Morgan fingerprint density at radius 3 is 1.77 bits per heavy atom. The molecular formula is C18H10O4. The Bertz CT molecular complexity index is 954. The van der Waals surface area contributed by atoms with Gasteiger partial charge in [-0.1, -0.05) is 36.4 Å². The normalized spacial score (nSPS) is 10.5. The first kappa shape index (κ1) is 13.8. The zero-order valence-corrected chi connectivity index (χ0v) is 11.4. The third-order valence-electron chi connectivity index (χ3n) is 3.83. The van der Waals surface area contributed by atoms with E-state index in [1.165, 1.54) is 0 Å². The summed E-state index contributed by atoms with van der Waals surface area (Å²) in [4.78, 5) is 45.7. The second kappa shape index (κ2) is 5.33. The molecule has 0 aliphatic carbocycles. The predicted molar refractivity (Wildman–Crippen MR) is 83.0 cm³/mol. The van der Waals surface area contributed by atoms with Crippen LogP contribution in [0, 0.1) is 0 Å². The number of aldehydes is 4. The van der Waals surface area contributed by atoms with Crippen molar-refractivity contribution in [2.75, 3.05) is 0 Å². The van der Waals surface area contributed by atoms with Gasteiger partial charge in [-0.3, -0.25) is 19.2 Å². The molecular weight excluding hydrogens is 280 g/mol. The molecule has 22 heavy (non-hydrogen) atoms. The van der Waals surface area contributed by atoms with Crippen molar-refractivity contribution < 1.29 is 19.2 Å². The van der Waals surface area contributed by atoms with Crippen molar-refractivity contribution in [3.05, 3.63) is 58.7 Å². The molecule has 3 aromatic rings. The number of benzene rings is 3. The molecule has 4 heteroatoms. The van der Waals surface area contributed by atoms with E-state index in [0.717, 1.165) is 10.8 Å². The Morgan fingerprint density at radius 1 is 0.545 bits per heavy atom. The first-order valence-electron chi connectivity index (χ1n) is 6.59. The SMILES string of the molecule is O=Cc1c(C=O)c(C=O)c2c(ccc3ccccc32)c1C=O. The fraction of sp³-hybridized carbons (Fsp3) is 0. The van der Waals surface area contributed by atoms with Crippen molar-refractivity contribution in [2.45, 2.75) is 0 Å². The van der Waals surface area contributed by atoms with Crippen LogP contribution in [0.3, 0.4) is 0 Å². The van der Waals surface area contributed by atoms with Gasteiger partial charge >= 0.3 is 0 Å². The first-order chi connectivity index (χ1) is 10.8. The molecule has 0 bridgehead atoms. The second-order valence-electron chi connectivity index (χ2n) is 4.84. The number of hydrogen-bond donors (Lipinski definition) is 0. The summed E-state index contributed by atoms with van der Waals surface area (Å²) in [5, 5.41) is 2.64. The molecule has 0 unspecified atom stereocenters. The molecule has 0 saturated carbocycles. The number of fused-ring (bicyclic) bond motifs is 3. The van der Waals surface area contributed by atoms with E-state index in [-0.39, 0.29) is 22.3 Å². The summed E-state index contributed by atoms with van der Waals surface area (Å²) in [6.07, 6.45) is 1.99. The van der Waals surface area contributed by atoms with Crippen LogP contribution in [-0.4, -0.2) is 25.1 Å². The van der Waals surface area contributed by atoms with Gasteiger partial charge in [0.25, 0.3) is 0 Å². The van der Waals surface area contributed by atoms with Gasteiger partial charge in [-0.25, -0.2) is 0 Å². The van der Waals surface area contributed by atoms with Gasteiger partial charge in [0.1, 0.15) is 0 Å². The van der Waals surface area contributed by atoms with Gasteiger partial charge in [0.05, 0.1) is 0 Å². The number of rotatable bonds is 4. The molecule has 0 atom stereocenters. The van der Waals surface area contributed by atoms with Crippen LogP contribution < -0.4 is 0 Å². The molecule has 0 N–H and O–H groups in total. The molecule has 3 rings (SSSR count). The molecule has 0 saturated heterocycles. The number of carbonyl (C=O) groups is 4. The maximum absolute atomic E-state index is 11.5. The van der Waals surface area contributed by atoms with E-state index in [2.05, 4.69) is 0 Å². The molecule has 106 valence electrons. The largest absolute Gasteiger partial charge is 0.298 e. The van der Waals surface area contributed by atoms with E-state index >= 15 is 0 Å². The van der Waals surface area contributed by atoms with Gasteiger partial charge in [-0.15, -0.1) is 0 Å². The highest BCUT2D eigenvalue weighted by Gasteiger charge is 2.19. The van der Waals surface area contributed by atoms with Crippen LogP contribution in [0.4, 0.5) is 0 Å². The summed E-state index contributed by atoms with van der Waals surface area (Å²) >= 11 is 0. The minimum Gasteiger partial charge on any atom is -0.298 e. The average molecular weight is 290 g/mol. The zero-order chi connectivity index (χ0) is 15.7. The van der Waals surface area contributed by atoms with E-state index in [1.54, 1.807) is 6.07 Å². The summed E-state index contributed by atoms with van der Waals surface area (Å²) in [7, 11) is 0. The third-order valence-corrected chi connectivity index (χ3v) is 3.83. The van der Waals surface area contributed by atoms with E-state index in [9.17, 15) is 19.2 Å². The molecule has 3 aromatic carbocycles. The molecule has 0 heterocycles. The van der Waals surface area contributed by atoms with Gasteiger partial charge in [0.2, 0.25) is 0 Å². The second-order valence-corrected chi connectivity index (χ2v) is 4.84. The molecule has 0 aromatic heterocycles. The van der Waals surface area contributed by atoms with Crippen LogP contribution in [0.25, 0.3) is 21.5 Å². The minimum atomic E-state index is -0.0464. The number of carbonyl (C=O) groups excluding carboxylic acids is 4. The van der Waals surface area contributed by atoms with Crippen molar-refractivity contribution in [3.8, 4) is 0 Å². The van der Waals surface area contributed by atoms with Crippen molar-refractivity contribution in [1.82, 2.24) is 0 Å². The molecule has 0 spiro atoms. The van der Waals surface area contributed by atoms with Gasteiger partial charge in [0, 0.05) is 27.6 Å². The highest BCUT2D eigenvalue weighted by atomic mass is 16.1. The van der Waals surface area contributed by atoms with Crippen LogP contribution in [0.2, 0.25) is 0 Å². The fourth-order valence-corrected chi connectivity index (χ4v) is 2.86. The van der Waals surface area contributed by atoms with Crippen molar-refractivity contribution in [2.24, 2.45) is 0 Å². The van der Waals surface area contributed by atoms with E-state index in [0.29, 0.717) is 35.9 Å². The van der Waals surface area contributed by atoms with Crippen molar-refractivity contribution in [3.63, 3.8) is 0 Å². The number of hydrogen-bond acceptors (Lipinski definition) is 4. The van der Waals surface area contributed by atoms with Crippen LogP contribution in [0.15, 0.2) is 36.4 Å². The molecule has 0 aliphatic heterocycles. The Kier molecular flexibility index (Phi) is 3.35.